The summed E-state index contributed by atoms with van der Waals surface area (Å²) >= 11 is 1.71. The normalized spacial score (nSPS) is 7.70. The van der Waals surface area contributed by atoms with Crippen LogP contribution in [0.1, 0.15) is 19.8 Å². The summed E-state index contributed by atoms with van der Waals surface area (Å²) in [6.45, 7) is 5.69. The molecule has 0 saturated heterocycles. The van der Waals surface area contributed by atoms with Crippen molar-refractivity contribution in [3.05, 3.63) is 35.5 Å². The van der Waals surface area contributed by atoms with Crippen molar-refractivity contribution >= 4 is 11.3 Å². The van der Waals surface area contributed by atoms with Gasteiger partial charge in [0, 0.05) is 0 Å². The molecule has 0 aliphatic rings. The highest BCUT2D eigenvalue weighted by molar-refractivity contribution is 7.07. The van der Waals surface area contributed by atoms with Crippen molar-refractivity contribution in [1.29, 1.82) is 0 Å². The van der Waals surface area contributed by atoms with Gasteiger partial charge in [0.25, 0.3) is 0 Å². The van der Waals surface area contributed by atoms with Gasteiger partial charge in [-0.15, -0.1) is 6.58 Å². The summed E-state index contributed by atoms with van der Waals surface area (Å²) in [5, 5.41) is 4.08. The largest absolute Gasteiger partial charge is 0.152 e. The molecule has 0 spiro atoms. The van der Waals surface area contributed by atoms with Gasteiger partial charge in [-0.05, 0) is 17.2 Å². The molecule has 0 radical (unpaired) electrons. The van der Waals surface area contributed by atoms with Gasteiger partial charge in [-0.2, -0.15) is 11.3 Å². The van der Waals surface area contributed by atoms with Crippen LogP contribution in [-0.4, -0.2) is 0 Å². The van der Waals surface area contributed by atoms with Crippen LogP contribution in [0.15, 0.2) is 35.5 Å². The highest BCUT2D eigenvalue weighted by Gasteiger charge is 1.61. The molecule has 0 aromatic carbocycles. The highest BCUT2D eigenvalue weighted by Crippen LogP contribution is 1.91. The summed E-state index contributed by atoms with van der Waals surface area (Å²) in [6.07, 6.45) is 4.31. The third-order valence-electron chi connectivity index (χ3n) is 0.918. The lowest BCUT2D eigenvalue weighted by Crippen LogP contribution is -1.52. The van der Waals surface area contributed by atoms with Gasteiger partial charge in [-0.25, -0.2) is 0 Å². The molecule has 0 nitrogen and oxygen atoms in total. The predicted octanol–water partition coefficient (Wildman–Crippen LogP) is 3.72. The summed E-state index contributed by atoms with van der Waals surface area (Å²) in [6, 6.07) is 4.04. The van der Waals surface area contributed by atoms with Crippen LogP contribution in [0.25, 0.3) is 0 Å². The molecule has 56 valence electrons. The number of hydrogen-bond donors (Lipinski definition) is 0. The van der Waals surface area contributed by atoms with Crippen molar-refractivity contribution in [2.24, 2.45) is 0 Å². The van der Waals surface area contributed by atoms with Crippen LogP contribution in [0.2, 0.25) is 0 Å². The quantitative estimate of drug-likeness (QED) is 0.569. The van der Waals surface area contributed by atoms with Crippen LogP contribution in [-0.2, 0) is 0 Å². The van der Waals surface area contributed by atoms with Crippen LogP contribution in [0.3, 0.4) is 0 Å². The van der Waals surface area contributed by atoms with E-state index in [9.17, 15) is 0 Å². The van der Waals surface area contributed by atoms with Crippen molar-refractivity contribution in [3.8, 4) is 0 Å². The zero-order valence-corrected chi connectivity index (χ0v) is 7.23. The lowest BCUT2D eigenvalue weighted by molar-refractivity contribution is 0.961. The summed E-state index contributed by atoms with van der Waals surface area (Å²) in [4.78, 5) is 0. The van der Waals surface area contributed by atoms with Crippen molar-refractivity contribution in [2.75, 3.05) is 0 Å². The first-order valence-electron chi connectivity index (χ1n) is 3.50. The van der Waals surface area contributed by atoms with Gasteiger partial charge in [-0.3, -0.25) is 0 Å². The Morgan fingerprint density at radius 1 is 1.40 bits per heavy atom. The molecule has 1 heteroatoms. The van der Waals surface area contributed by atoms with Gasteiger partial charge in [-0.1, -0.05) is 31.6 Å². The molecule has 0 bridgehead atoms. The molecular weight excluding hydrogens is 140 g/mol. The zero-order chi connectivity index (χ0) is 7.66. The maximum Gasteiger partial charge on any atom is -0.00934 e. The molecule has 0 atom stereocenters. The highest BCUT2D eigenvalue weighted by atomic mass is 32.1. The monoisotopic (exact) mass is 154 g/mol. The Bertz CT molecular complexity index is 113. The second kappa shape index (κ2) is 8.44. The average molecular weight is 154 g/mol. The molecule has 0 aliphatic carbocycles. The van der Waals surface area contributed by atoms with Gasteiger partial charge in [0.15, 0.2) is 0 Å². The Morgan fingerprint density at radius 2 is 2.00 bits per heavy atom. The zero-order valence-electron chi connectivity index (χ0n) is 6.42. The first-order chi connectivity index (χ1) is 4.91. The van der Waals surface area contributed by atoms with E-state index in [0.717, 1.165) is 6.42 Å². The minimum Gasteiger partial charge on any atom is -0.152 e. The third-order valence-corrected chi connectivity index (χ3v) is 1.55. The molecule has 0 aliphatic heterocycles. The summed E-state index contributed by atoms with van der Waals surface area (Å²) < 4.78 is 0. The predicted molar refractivity (Wildman–Crippen MR) is 49.4 cm³/mol. The smallest absolute Gasteiger partial charge is 0.00934 e. The Morgan fingerprint density at radius 3 is 2.10 bits per heavy atom. The van der Waals surface area contributed by atoms with E-state index in [1.54, 1.807) is 11.3 Å². The fourth-order valence-electron chi connectivity index (χ4n) is 0.431. The molecule has 1 aromatic heterocycles. The van der Waals surface area contributed by atoms with E-state index in [-0.39, 0.29) is 0 Å². The van der Waals surface area contributed by atoms with E-state index in [1.165, 1.54) is 6.42 Å². The molecule has 0 N–H and O–H groups in total. The van der Waals surface area contributed by atoms with Crippen LogP contribution in [0.4, 0.5) is 0 Å². The summed E-state index contributed by atoms with van der Waals surface area (Å²) in [7, 11) is 0. The second-order valence-electron chi connectivity index (χ2n) is 1.87. The molecule has 0 saturated carbocycles. The molecule has 0 unspecified atom stereocenters. The SMILES string of the molecule is C=CCCC.c1ccsc1. The second-order valence-corrected chi connectivity index (χ2v) is 2.69. The van der Waals surface area contributed by atoms with E-state index >= 15 is 0 Å². The van der Waals surface area contributed by atoms with Crippen LogP contribution >= 0.6 is 11.3 Å². The molecular formula is C9H14S. The third kappa shape index (κ3) is 7.44. The lowest BCUT2D eigenvalue weighted by atomic mass is 10.3. The summed E-state index contributed by atoms with van der Waals surface area (Å²) in [5.41, 5.74) is 0. The molecule has 0 fully saturated rings. The van der Waals surface area contributed by atoms with Gasteiger partial charge < -0.3 is 0 Å². The fourth-order valence-corrected chi connectivity index (χ4v) is 0.885. The minimum absolute atomic E-state index is 1.15. The molecule has 0 amide bonds. The topological polar surface area (TPSA) is 0 Å². The summed E-state index contributed by atoms with van der Waals surface area (Å²) in [5.74, 6) is 0. The van der Waals surface area contributed by atoms with E-state index in [0.29, 0.717) is 0 Å². The van der Waals surface area contributed by atoms with Crippen LogP contribution < -0.4 is 0 Å². The number of allylic oxidation sites excluding steroid dienone is 1. The van der Waals surface area contributed by atoms with E-state index in [2.05, 4.69) is 13.5 Å². The van der Waals surface area contributed by atoms with E-state index in [4.69, 9.17) is 0 Å². The van der Waals surface area contributed by atoms with Gasteiger partial charge in [0.1, 0.15) is 0 Å². The number of rotatable bonds is 2. The first-order valence-corrected chi connectivity index (χ1v) is 4.44. The lowest BCUT2D eigenvalue weighted by Gasteiger charge is -1.72. The fraction of sp³-hybridized carbons (Fsp3) is 0.333. The first kappa shape index (κ1) is 9.44. The van der Waals surface area contributed by atoms with Gasteiger partial charge in [0.05, 0.1) is 0 Å². The minimum atomic E-state index is 1.15. The van der Waals surface area contributed by atoms with Crippen LogP contribution in [0.5, 0.6) is 0 Å². The molecule has 1 heterocycles. The Labute approximate surface area is 67.2 Å². The average Bonchev–Trinajstić information content (AvgIpc) is 2.44. The standard InChI is InChI=1S/C5H10.C4H4S/c1-3-5-4-2;1-2-4-5-3-1/h3H,1,4-5H2,2H3;1-4H. The van der Waals surface area contributed by atoms with E-state index < -0.39 is 0 Å². The Balaban J connectivity index is 0.000000162. The maximum absolute atomic E-state index is 3.55. The molecule has 10 heavy (non-hydrogen) atoms. The maximum atomic E-state index is 3.55. The van der Waals surface area contributed by atoms with Crippen molar-refractivity contribution < 1.29 is 0 Å². The number of thiophene rings is 1. The Kier molecular flexibility index (Phi) is 7.97. The van der Waals surface area contributed by atoms with Crippen LogP contribution in [0, 0.1) is 0 Å². The number of hydrogen-bond acceptors (Lipinski definition) is 1. The number of unbranched alkanes of at least 4 members (excludes halogenated alkanes) is 1. The van der Waals surface area contributed by atoms with Crippen molar-refractivity contribution in [1.82, 2.24) is 0 Å². The van der Waals surface area contributed by atoms with Crippen molar-refractivity contribution in [3.63, 3.8) is 0 Å². The van der Waals surface area contributed by atoms with Crippen molar-refractivity contribution in [2.45, 2.75) is 19.8 Å². The van der Waals surface area contributed by atoms with E-state index in [1.807, 2.05) is 29.0 Å². The van der Waals surface area contributed by atoms with Gasteiger partial charge >= 0.3 is 0 Å². The Hall–Kier alpha value is -0.560. The molecule has 1 aromatic rings. The molecule has 1 rings (SSSR count). The van der Waals surface area contributed by atoms with Gasteiger partial charge in [0.2, 0.25) is 0 Å².